The van der Waals surface area contributed by atoms with E-state index in [0.717, 1.165) is 44.5 Å². The van der Waals surface area contributed by atoms with Gasteiger partial charge in [-0.25, -0.2) is 0 Å². The number of piperidine rings is 1. The highest BCUT2D eigenvalue weighted by molar-refractivity contribution is 5.76. The minimum Gasteiger partial charge on any atom is -0.396 e. The lowest BCUT2D eigenvalue weighted by Gasteiger charge is -2.38. The van der Waals surface area contributed by atoms with Gasteiger partial charge in [-0.05, 0) is 62.6 Å². The van der Waals surface area contributed by atoms with Crippen LogP contribution >= 0.6 is 0 Å². The number of rotatable bonds is 7. The van der Waals surface area contributed by atoms with Crippen LogP contribution in [0.2, 0.25) is 0 Å². The Morgan fingerprint density at radius 1 is 1.29 bits per heavy atom. The van der Waals surface area contributed by atoms with Crippen molar-refractivity contribution in [2.24, 2.45) is 11.8 Å². The number of nitrogens with one attached hydrogen (secondary N) is 1. The summed E-state index contributed by atoms with van der Waals surface area (Å²) in [5.74, 6) is 0.985. The van der Waals surface area contributed by atoms with Crippen molar-refractivity contribution < 1.29 is 9.90 Å². The minimum atomic E-state index is 0.190. The summed E-state index contributed by atoms with van der Waals surface area (Å²) in [5.41, 5.74) is 1.15. The van der Waals surface area contributed by atoms with Gasteiger partial charge in [-0.3, -0.25) is 9.89 Å². The van der Waals surface area contributed by atoms with Gasteiger partial charge in [0.2, 0.25) is 5.91 Å². The Morgan fingerprint density at radius 3 is 2.79 bits per heavy atom. The maximum Gasteiger partial charge on any atom is 0.222 e. The van der Waals surface area contributed by atoms with Crippen LogP contribution in [0.1, 0.15) is 37.7 Å². The molecule has 0 radical (unpaired) electrons. The maximum atomic E-state index is 12.6. The van der Waals surface area contributed by atoms with E-state index in [2.05, 4.69) is 15.1 Å². The van der Waals surface area contributed by atoms with Gasteiger partial charge >= 0.3 is 0 Å². The summed E-state index contributed by atoms with van der Waals surface area (Å²) in [6, 6.07) is 0. The SMILES string of the molecule is O=C(CCCc1cn[nH]c1)N1C[C@@H](CN2CCCC2)C[C@H](CO)C1. The minimum absolute atomic E-state index is 0.190. The van der Waals surface area contributed by atoms with E-state index in [9.17, 15) is 9.90 Å². The molecular formula is C18H30N4O2. The van der Waals surface area contributed by atoms with Crippen LogP contribution in [0.4, 0.5) is 0 Å². The number of carbonyl (C=O) groups is 1. The number of H-pyrrole nitrogens is 1. The summed E-state index contributed by atoms with van der Waals surface area (Å²) in [6.07, 6.45) is 9.68. The Morgan fingerprint density at radius 2 is 2.08 bits per heavy atom. The number of hydrogen-bond acceptors (Lipinski definition) is 4. The van der Waals surface area contributed by atoms with E-state index in [0.29, 0.717) is 12.3 Å². The van der Waals surface area contributed by atoms with Crippen LogP contribution in [-0.2, 0) is 11.2 Å². The van der Waals surface area contributed by atoms with Crippen LogP contribution < -0.4 is 0 Å². The van der Waals surface area contributed by atoms with Crippen molar-refractivity contribution in [2.75, 3.05) is 39.3 Å². The number of likely N-dealkylation sites (tertiary alicyclic amines) is 2. The summed E-state index contributed by atoms with van der Waals surface area (Å²) in [6.45, 7) is 5.23. The highest BCUT2D eigenvalue weighted by Crippen LogP contribution is 2.24. The van der Waals surface area contributed by atoms with Gasteiger partial charge in [0.25, 0.3) is 0 Å². The fourth-order valence-electron chi connectivity index (χ4n) is 4.13. The third-order valence-electron chi connectivity index (χ3n) is 5.36. The van der Waals surface area contributed by atoms with Crippen LogP contribution in [0.15, 0.2) is 12.4 Å². The van der Waals surface area contributed by atoms with E-state index in [-0.39, 0.29) is 18.4 Å². The molecule has 0 saturated carbocycles. The lowest BCUT2D eigenvalue weighted by molar-refractivity contribution is -0.134. The predicted molar refractivity (Wildman–Crippen MR) is 92.5 cm³/mol. The van der Waals surface area contributed by atoms with Gasteiger partial charge in [-0.2, -0.15) is 5.10 Å². The van der Waals surface area contributed by atoms with Crippen LogP contribution in [0, 0.1) is 11.8 Å². The molecule has 134 valence electrons. The second kappa shape index (κ2) is 8.62. The normalized spacial score (nSPS) is 25.3. The molecule has 1 aromatic heterocycles. The fourth-order valence-corrected chi connectivity index (χ4v) is 4.13. The maximum absolute atomic E-state index is 12.6. The number of carbonyl (C=O) groups excluding carboxylic acids is 1. The smallest absolute Gasteiger partial charge is 0.222 e. The van der Waals surface area contributed by atoms with E-state index < -0.39 is 0 Å². The van der Waals surface area contributed by atoms with Gasteiger partial charge in [-0.1, -0.05) is 0 Å². The molecule has 0 aromatic carbocycles. The molecule has 3 heterocycles. The predicted octanol–water partition coefficient (Wildman–Crippen LogP) is 1.29. The lowest BCUT2D eigenvalue weighted by Crippen LogP contribution is -2.47. The number of hydrogen-bond donors (Lipinski definition) is 2. The second-order valence-electron chi connectivity index (χ2n) is 7.42. The Kier molecular flexibility index (Phi) is 6.26. The van der Waals surface area contributed by atoms with E-state index in [1.54, 1.807) is 0 Å². The first-order chi connectivity index (χ1) is 11.7. The summed E-state index contributed by atoms with van der Waals surface area (Å²) in [7, 11) is 0. The monoisotopic (exact) mass is 334 g/mol. The van der Waals surface area contributed by atoms with Crippen molar-refractivity contribution in [3.8, 4) is 0 Å². The van der Waals surface area contributed by atoms with Crippen molar-refractivity contribution in [1.82, 2.24) is 20.0 Å². The Labute approximate surface area is 144 Å². The highest BCUT2D eigenvalue weighted by Gasteiger charge is 2.30. The summed E-state index contributed by atoms with van der Waals surface area (Å²) >= 11 is 0. The molecule has 2 aliphatic rings. The first kappa shape index (κ1) is 17.4. The number of aliphatic hydroxyl groups is 1. The third kappa shape index (κ3) is 4.80. The van der Waals surface area contributed by atoms with Crippen molar-refractivity contribution in [1.29, 1.82) is 0 Å². The number of aromatic nitrogens is 2. The molecule has 6 nitrogen and oxygen atoms in total. The molecular weight excluding hydrogens is 304 g/mol. The average Bonchev–Trinajstić information content (AvgIpc) is 3.28. The van der Waals surface area contributed by atoms with Crippen LogP contribution in [0.3, 0.4) is 0 Å². The molecule has 0 aliphatic carbocycles. The van der Waals surface area contributed by atoms with Gasteiger partial charge in [0.15, 0.2) is 0 Å². The van der Waals surface area contributed by atoms with Crippen molar-refractivity contribution in [3.05, 3.63) is 18.0 Å². The van der Waals surface area contributed by atoms with Gasteiger partial charge < -0.3 is 14.9 Å². The third-order valence-corrected chi connectivity index (χ3v) is 5.36. The number of nitrogens with zero attached hydrogens (tertiary/aromatic N) is 3. The molecule has 0 bridgehead atoms. The number of aliphatic hydroxyl groups excluding tert-OH is 1. The summed E-state index contributed by atoms with van der Waals surface area (Å²) in [5, 5.41) is 16.4. The first-order valence-electron chi connectivity index (χ1n) is 9.33. The molecule has 3 rings (SSSR count). The molecule has 0 unspecified atom stereocenters. The van der Waals surface area contributed by atoms with Crippen LogP contribution in [0.25, 0.3) is 0 Å². The zero-order chi connectivity index (χ0) is 16.8. The molecule has 2 atom stereocenters. The standard InChI is InChI=1S/C18H30N4O2/c23-14-17-8-16(11-21-6-1-2-7-21)12-22(13-17)18(24)5-3-4-15-9-19-20-10-15/h9-10,16-17,23H,1-8,11-14H2,(H,19,20)/t16-,17+/m1/s1. The van der Waals surface area contributed by atoms with Crippen LogP contribution in [0.5, 0.6) is 0 Å². The zero-order valence-electron chi connectivity index (χ0n) is 14.5. The van der Waals surface area contributed by atoms with Crippen molar-refractivity contribution in [2.45, 2.75) is 38.5 Å². The van der Waals surface area contributed by atoms with E-state index in [4.69, 9.17) is 0 Å². The zero-order valence-corrected chi connectivity index (χ0v) is 14.5. The average molecular weight is 334 g/mol. The molecule has 6 heteroatoms. The molecule has 1 aromatic rings. The molecule has 2 N–H and O–H groups in total. The molecule has 1 amide bonds. The fraction of sp³-hybridized carbons (Fsp3) is 0.778. The highest BCUT2D eigenvalue weighted by atomic mass is 16.3. The largest absolute Gasteiger partial charge is 0.396 e. The molecule has 24 heavy (non-hydrogen) atoms. The van der Waals surface area contributed by atoms with E-state index in [1.807, 2.05) is 17.3 Å². The van der Waals surface area contributed by atoms with Gasteiger partial charge in [0.05, 0.1) is 6.20 Å². The number of amides is 1. The topological polar surface area (TPSA) is 72.5 Å². The van der Waals surface area contributed by atoms with Crippen molar-refractivity contribution >= 4 is 5.91 Å². The molecule has 0 spiro atoms. The van der Waals surface area contributed by atoms with Crippen molar-refractivity contribution in [3.63, 3.8) is 0 Å². The van der Waals surface area contributed by atoms with Gasteiger partial charge in [-0.15, -0.1) is 0 Å². The van der Waals surface area contributed by atoms with Crippen LogP contribution in [-0.4, -0.2) is 70.3 Å². The Balaban J connectivity index is 1.47. The lowest BCUT2D eigenvalue weighted by atomic mass is 9.89. The molecule has 2 fully saturated rings. The second-order valence-corrected chi connectivity index (χ2v) is 7.42. The van der Waals surface area contributed by atoms with Gasteiger partial charge in [0.1, 0.15) is 0 Å². The summed E-state index contributed by atoms with van der Waals surface area (Å²) in [4.78, 5) is 17.1. The number of aromatic amines is 1. The van der Waals surface area contributed by atoms with Gasteiger partial charge in [0, 0.05) is 38.9 Å². The quantitative estimate of drug-likeness (QED) is 0.788. The Bertz CT molecular complexity index is 499. The Hall–Kier alpha value is -1.40. The molecule has 2 saturated heterocycles. The van der Waals surface area contributed by atoms with E-state index in [1.165, 1.54) is 25.9 Å². The number of aryl methyl sites for hydroxylation is 1. The first-order valence-corrected chi connectivity index (χ1v) is 9.33. The molecule has 2 aliphatic heterocycles. The van der Waals surface area contributed by atoms with E-state index >= 15 is 0 Å². The summed E-state index contributed by atoms with van der Waals surface area (Å²) < 4.78 is 0.